The quantitative estimate of drug-likeness (QED) is 0.649. The summed E-state index contributed by atoms with van der Waals surface area (Å²) in [5.74, 6) is 1.39. The van der Waals surface area contributed by atoms with Gasteiger partial charge in [-0.05, 0) is 45.9 Å². The Kier molecular flexibility index (Phi) is 4.63. The second-order valence-corrected chi connectivity index (χ2v) is 7.79. The van der Waals surface area contributed by atoms with Crippen LogP contribution in [0.2, 0.25) is 0 Å². The standard InChI is InChI=1S/C19H20N2O3S/c1-12-5-7-13(8-6-12)23-15-10-20-11-16-14(15)9-17(25-16)21-18(22)24-19(2,3)4/h5-11H,1-4H3,(H,21,22). The molecule has 3 rings (SSSR count). The van der Waals surface area contributed by atoms with Crippen molar-refractivity contribution in [3.8, 4) is 11.5 Å². The van der Waals surface area contributed by atoms with Crippen molar-refractivity contribution in [3.63, 3.8) is 0 Å². The van der Waals surface area contributed by atoms with Gasteiger partial charge < -0.3 is 9.47 Å². The van der Waals surface area contributed by atoms with Crippen molar-refractivity contribution in [1.29, 1.82) is 0 Å². The number of anilines is 1. The zero-order valence-corrected chi connectivity index (χ0v) is 15.4. The first-order chi connectivity index (χ1) is 11.8. The number of ether oxygens (including phenoxy) is 2. The normalized spacial score (nSPS) is 11.4. The number of thiophene rings is 1. The van der Waals surface area contributed by atoms with E-state index in [0.29, 0.717) is 10.8 Å². The Morgan fingerprint density at radius 1 is 1.16 bits per heavy atom. The number of amides is 1. The van der Waals surface area contributed by atoms with Crippen LogP contribution in [-0.2, 0) is 4.74 Å². The highest BCUT2D eigenvalue weighted by atomic mass is 32.1. The Bertz CT molecular complexity index is 895. The summed E-state index contributed by atoms with van der Waals surface area (Å²) < 4.78 is 12.2. The van der Waals surface area contributed by atoms with Crippen molar-refractivity contribution in [1.82, 2.24) is 4.98 Å². The Hall–Kier alpha value is -2.60. The second kappa shape index (κ2) is 6.72. The minimum Gasteiger partial charge on any atom is -0.455 e. The van der Waals surface area contributed by atoms with E-state index in [1.165, 1.54) is 16.9 Å². The van der Waals surface area contributed by atoms with Gasteiger partial charge in [0.05, 0.1) is 15.9 Å². The van der Waals surface area contributed by atoms with Crippen molar-refractivity contribution >= 4 is 32.5 Å². The van der Waals surface area contributed by atoms with Gasteiger partial charge >= 0.3 is 6.09 Å². The molecule has 1 N–H and O–H groups in total. The van der Waals surface area contributed by atoms with E-state index in [4.69, 9.17) is 9.47 Å². The first-order valence-electron chi connectivity index (χ1n) is 7.92. The van der Waals surface area contributed by atoms with Crippen LogP contribution in [0.4, 0.5) is 9.80 Å². The number of nitrogens with zero attached hydrogens (tertiary/aromatic N) is 1. The fraction of sp³-hybridized carbons (Fsp3) is 0.263. The molecule has 0 aliphatic carbocycles. The van der Waals surface area contributed by atoms with E-state index >= 15 is 0 Å². The van der Waals surface area contributed by atoms with Crippen LogP contribution in [-0.4, -0.2) is 16.7 Å². The van der Waals surface area contributed by atoms with Crippen molar-refractivity contribution in [2.75, 3.05) is 5.32 Å². The van der Waals surface area contributed by atoms with Crippen LogP contribution in [0.1, 0.15) is 26.3 Å². The molecule has 1 aromatic carbocycles. The smallest absolute Gasteiger partial charge is 0.412 e. The number of carbonyl (C=O) groups excluding carboxylic acids is 1. The topological polar surface area (TPSA) is 60.5 Å². The van der Waals surface area contributed by atoms with Crippen LogP contribution < -0.4 is 10.1 Å². The average Bonchev–Trinajstić information content (AvgIpc) is 2.91. The Morgan fingerprint density at radius 2 is 1.88 bits per heavy atom. The van der Waals surface area contributed by atoms with Gasteiger partial charge in [0.15, 0.2) is 5.75 Å². The maximum Gasteiger partial charge on any atom is 0.412 e. The van der Waals surface area contributed by atoms with Gasteiger partial charge in [-0.1, -0.05) is 17.7 Å². The van der Waals surface area contributed by atoms with E-state index in [-0.39, 0.29) is 0 Å². The molecular weight excluding hydrogens is 336 g/mol. The van der Waals surface area contributed by atoms with Crippen molar-refractivity contribution in [2.45, 2.75) is 33.3 Å². The number of aryl methyl sites for hydroxylation is 1. The fourth-order valence-electron chi connectivity index (χ4n) is 2.22. The van der Waals surface area contributed by atoms with Gasteiger partial charge in [-0.2, -0.15) is 0 Å². The molecule has 0 aliphatic heterocycles. The third-order valence-corrected chi connectivity index (χ3v) is 4.27. The lowest BCUT2D eigenvalue weighted by atomic mass is 10.2. The molecule has 0 aliphatic rings. The monoisotopic (exact) mass is 356 g/mol. The van der Waals surface area contributed by atoms with Crippen molar-refractivity contribution < 1.29 is 14.3 Å². The zero-order valence-electron chi connectivity index (χ0n) is 14.6. The summed E-state index contributed by atoms with van der Waals surface area (Å²) in [6.45, 7) is 7.51. The van der Waals surface area contributed by atoms with E-state index in [1.54, 1.807) is 12.4 Å². The van der Waals surface area contributed by atoms with Gasteiger partial charge in [0.25, 0.3) is 0 Å². The van der Waals surface area contributed by atoms with Gasteiger partial charge in [-0.3, -0.25) is 10.3 Å². The highest BCUT2D eigenvalue weighted by Crippen LogP contribution is 2.37. The zero-order chi connectivity index (χ0) is 18.0. The van der Waals surface area contributed by atoms with Crippen molar-refractivity contribution in [2.24, 2.45) is 0 Å². The molecule has 3 aromatic rings. The number of rotatable bonds is 3. The van der Waals surface area contributed by atoms with E-state index in [2.05, 4.69) is 10.3 Å². The Balaban J connectivity index is 1.83. The number of benzene rings is 1. The predicted octanol–water partition coefficient (Wildman–Crippen LogP) is 5.74. The molecule has 0 radical (unpaired) electrons. The molecule has 0 fully saturated rings. The predicted molar refractivity (Wildman–Crippen MR) is 101 cm³/mol. The summed E-state index contributed by atoms with van der Waals surface area (Å²) in [5.41, 5.74) is 0.630. The van der Waals surface area contributed by atoms with Gasteiger partial charge in [-0.25, -0.2) is 4.79 Å². The summed E-state index contributed by atoms with van der Waals surface area (Å²) in [4.78, 5) is 16.2. The Morgan fingerprint density at radius 3 is 2.56 bits per heavy atom. The molecule has 1 amide bonds. The van der Waals surface area contributed by atoms with Gasteiger partial charge in [0.2, 0.25) is 0 Å². The number of nitrogens with one attached hydrogen (secondary N) is 1. The van der Waals surface area contributed by atoms with E-state index < -0.39 is 11.7 Å². The molecule has 2 heterocycles. The van der Waals surface area contributed by atoms with E-state index in [9.17, 15) is 4.79 Å². The van der Waals surface area contributed by atoms with Crippen LogP contribution >= 0.6 is 11.3 Å². The number of pyridine rings is 1. The molecule has 130 valence electrons. The lowest BCUT2D eigenvalue weighted by Crippen LogP contribution is -2.26. The summed E-state index contributed by atoms with van der Waals surface area (Å²) in [7, 11) is 0. The molecule has 2 aromatic heterocycles. The van der Waals surface area contributed by atoms with E-state index in [1.807, 2.05) is 58.0 Å². The van der Waals surface area contributed by atoms with E-state index in [0.717, 1.165) is 15.8 Å². The Labute approximate surface area is 150 Å². The van der Waals surface area contributed by atoms with Gasteiger partial charge in [-0.15, -0.1) is 11.3 Å². The molecular formula is C19H20N2O3S. The molecule has 0 unspecified atom stereocenters. The number of aromatic nitrogens is 1. The summed E-state index contributed by atoms with van der Waals surface area (Å²) in [6.07, 6.45) is 2.95. The SMILES string of the molecule is Cc1ccc(Oc2cncc3sc(NC(=O)OC(C)(C)C)cc23)cc1. The fourth-order valence-corrected chi connectivity index (χ4v) is 3.15. The number of fused-ring (bicyclic) bond motifs is 1. The summed E-state index contributed by atoms with van der Waals surface area (Å²) in [5, 5.41) is 4.34. The number of hydrogen-bond acceptors (Lipinski definition) is 5. The lowest BCUT2D eigenvalue weighted by molar-refractivity contribution is 0.0636. The highest BCUT2D eigenvalue weighted by molar-refractivity contribution is 7.23. The van der Waals surface area contributed by atoms with Gasteiger partial charge in [0.1, 0.15) is 11.4 Å². The molecule has 0 saturated heterocycles. The van der Waals surface area contributed by atoms with Crippen molar-refractivity contribution in [3.05, 3.63) is 48.3 Å². The minimum atomic E-state index is -0.540. The second-order valence-electron chi connectivity index (χ2n) is 6.70. The molecule has 6 heteroatoms. The maximum atomic E-state index is 11.9. The minimum absolute atomic E-state index is 0.479. The average molecular weight is 356 g/mol. The van der Waals surface area contributed by atoms with Crippen LogP contribution in [0.25, 0.3) is 10.1 Å². The lowest BCUT2D eigenvalue weighted by Gasteiger charge is -2.19. The molecule has 25 heavy (non-hydrogen) atoms. The summed E-state index contributed by atoms with van der Waals surface area (Å²) in [6, 6.07) is 9.69. The number of carbonyl (C=O) groups is 1. The largest absolute Gasteiger partial charge is 0.455 e. The van der Waals surface area contributed by atoms with Crippen LogP contribution in [0.5, 0.6) is 11.5 Å². The first kappa shape index (κ1) is 17.2. The molecule has 0 atom stereocenters. The van der Waals surface area contributed by atoms with Gasteiger partial charge in [0, 0.05) is 11.6 Å². The third kappa shape index (κ3) is 4.48. The first-order valence-corrected chi connectivity index (χ1v) is 8.74. The molecule has 0 spiro atoms. The van der Waals surface area contributed by atoms with Crippen LogP contribution in [0.15, 0.2) is 42.7 Å². The molecule has 5 nitrogen and oxygen atoms in total. The number of hydrogen-bond donors (Lipinski definition) is 1. The molecule has 0 saturated carbocycles. The maximum absolute atomic E-state index is 11.9. The summed E-state index contributed by atoms with van der Waals surface area (Å²) >= 11 is 1.42. The van der Waals surface area contributed by atoms with Crippen LogP contribution in [0, 0.1) is 6.92 Å². The third-order valence-electron chi connectivity index (χ3n) is 3.28. The molecule has 0 bridgehead atoms. The highest BCUT2D eigenvalue weighted by Gasteiger charge is 2.17. The van der Waals surface area contributed by atoms with Crippen LogP contribution in [0.3, 0.4) is 0 Å².